The zero-order valence-electron chi connectivity index (χ0n) is 18.4. The highest BCUT2D eigenvalue weighted by Gasteiger charge is 2.40. The van der Waals surface area contributed by atoms with Gasteiger partial charge in [0.15, 0.2) is 17.3 Å². The molecule has 0 aromatic carbocycles. The van der Waals surface area contributed by atoms with Gasteiger partial charge < -0.3 is 24.2 Å². The summed E-state index contributed by atoms with van der Waals surface area (Å²) in [5, 5.41) is 12.1. The van der Waals surface area contributed by atoms with Gasteiger partial charge in [0.05, 0.1) is 18.3 Å². The second kappa shape index (κ2) is 8.16. The van der Waals surface area contributed by atoms with Crippen molar-refractivity contribution in [3.8, 4) is 5.75 Å². The standard InChI is InChI=1S/C22H25N5O6/c1-22(2)32-12-15(33-22)11-31-14-5-7-23-18(9-14)25-21(30)27-13-6-8-26(10-13)17-4-3-16(20(28)29)24-19(17)27/h3-5,7,9,13,15H,6,8,10-12H2,1-2H3,(H,28,29)(H,23,25,30)/t13?,15-/m0/s1. The number of pyridine rings is 2. The van der Waals surface area contributed by atoms with Crippen LogP contribution >= 0.6 is 0 Å². The minimum atomic E-state index is -1.14. The lowest BCUT2D eigenvalue weighted by molar-refractivity contribution is -0.141. The summed E-state index contributed by atoms with van der Waals surface area (Å²) in [4.78, 5) is 36.8. The third-order valence-electron chi connectivity index (χ3n) is 5.86. The van der Waals surface area contributed by atoms with Crippen molar-refractivity contribution in [3.05, 3.63) is 36.2 Å². The second-order valence-corrected chi connectivity index (χ2v) is 8.67. The number of carbonyl (C=O) groups excluding carboxylic acids is 1. The van der Waals surface area contributed by atoms with Gasteiger partial charge in [-0.05, 0) is 38.5 Å². The van der Waals surface area contributed by atoms with Crippen molar-refractivity contribution in [2.45, 2.75) is 38.2 Å². The molecule has 33 heavy (non-hydrogen) atoms. The van der Waals surface area contributed by atoms with E-state index in [2.05, 4.69) is 20.2 Å². The van der Waals surface area contributed by atoms with E-state index < -0.39 is 17.8 Å². The van der Waals surface area contributed by atoms with E-state index >= 15 is 0 Å². The Balaban J connectivity index is 1.31. The molecule has 0 radical (unpaired) electrons. The zero-order valence-corrected chi connectivity index (χ0v) is 18.4. The molecule has 3 aliphatic rings. The molecule has 2 N–H and O–H groups in total. The molecule has 2 atom stereocenters. The molecule has 3 aliphatic heterocycles. The number of aromatic carboxylic acids is 1. The molecular formula is C22H25N5O6. The average molecular weight is 455 g/mol. The number of carboxylic acids is 1. The Bertz CT molecular complexity index is 1090. The number of anilines is 3. The molecule has 2 aromatic rings. The number of ether oxygens (including phenoxy) is 3. The Hall–Kier alpha value is -3.44. The fraction of sp³-hybridized carbons (Fsp3) is 0.455. The molecule has 174 valence electrons. The summed E-state index contributed by atoms with van der Waals surface area (Å²) in [5.74, 6) is -0.573. The second-order valence-electron chi connectivity index (χ2n) is 8.67. The minimum Gasteiger partial charge on any atom is -0.491 e. The SMILES string of the molecule is CC1(C)OC[C@H](COc2ccnc(NC(=O)N3c4nc(C(=O)O)ccc4N4CCC3C4)c2)O1. The lowest BCUT2D eigenvalue weighted by Gasteiger charge is -2.35. The first-order valence-electron chi connectivity index (χ1n) is 10.8. The van der Waals surface area contributed by atoms with Gasteiger partial charge in [0.2, 0.25) is 0 Å². The van der Waals surface area contributed by atoms with Crippen LogP contribution in [-0.2, 0) is 9.47 Å². The van der Waals surface area contributed by atoms with Crippen LogP contribution in [0.15, 0.2) is 30.5 Å². The van der Waals surface area contributed by atoms with Gasteiger partial charge in [-0.25, -0.2) is 19.6 Å². The van der Waals surface area contributed by atoms with Crippen LogP contribution in [0.4, 0.5) is 22.1 Å². The number of carbonyl (C=O) groups is 2. The molecule has 1 unspecified atom stereocenters. The molecule has 11 nitrogen and oxygen atoms in total. The van der Waals surface area contributed by atoms with Crippen LogP contribution in [-0.4, -0.2) is 71.3 Å². The number of rotatable bonds is 5. The number of nitrogens with one attached hydrogen (secondary N) is 1. The highest BCUT2D eigenvalue weighted by atomic mass is 16.7. The molecule has 2 amide bonds. The molecule has 11 heteroatoms. The molecular weight excluding hydrogens is 430 g/mol. The molecule has 0 spiro atoms. The number of aromatic nitrogens is 2. The molecule has 2 fully saturated rings. The summed E-state index contributed by atoms with van der Waals surface area (Å²) in [6.07, 6.45) is 2.13. The van der Waals surface area contributed by atoms with E-state index in [0.717, 1.165) is 18.7 Å². The van der Waals surface area contributed by atoms with Crippen LogP contribution < -0.4 is 19.9 Å². The maximum absolute atomic E-state index is 13.2. The van der Waals surface area contributed by atoms with Gasteiger partial charge >= 0.3 is 12.0 Å². The summed E-state index contributed by atoms with van der Waals surface area (Å²) < 4.78 is 17.1. The smallest absolute Gasteiger partial charge is 0.354 e. The Morgan fingerprint density at radius 2 is 2.18 bits per heavy atom. The van der Waals surface area contributed by atoms with Gasteiger partial charge in [0.25, 0.3) is 0 Å². The van der Waals surface area contributed by atoms with E-state index in [1.54, 1.807) is 24.4 Å². The predicted octanol–water partition coefficient (Wildman–Crippen LogP) is 2.34. The molecule has 2 bridgehead atoms. The summed E-state index contributed by atoms with van der Waals surface area (Å²) in [5.41, 5.74) is 0.638. The fourth-order valence-corrected chi connectivity index (χ4v) is 4.36. The molecule has 2 aromatic heterocycles. The van der Waals surface area contributed by atoms with E-state index in [1.165, 1.54) is 11.0 Å². The Labute approximate surface area is 190 Å². The van der Waals surface area contributed by atoms with Gasteiger partial charge in [-0.1, -0.05) is 0 Å². The number of urea groups is 1. The zero-order chi connectivity index (χ0) is 23.2. The van der Waals surface area contributed by atoms with Crippen molar-refractivity contribution in [2.75, 3.05) is 41.4 Å². The number of amides is 2. The molecule has 2 saturated heterocycles. The van der Waals surface area contributed by atoms with Crippen molar-refractivity contribution >= 4 is 29.3 Å². The minimum absolute atomic E-state index is 0.101. The molecule has 0 saturated carbocycles. The van der Waals surface area contributed by atoms with Crippen LogP contribution in [0.3, 0.4) is 0 Å². The van der Waals surface area contributed by atoms with Crippen molar-refractivity contribution in [3.63, 3.8) is 0 Å². The normalized spacial score (nSPS) is 22.7. The van der Waals surface area contributed by atoms with Crippen molar-refractivity contribution < 1.29 is 28.9 Å². The van der Waals surface area contributed by atoms with Gasteiger partial charge in [0, 0.05) is 25.4 Å². The number of nitrogens with zero attached hydrogens (tertiary/aromatic N) is 4. The summed E-state index contributed by atoms with van der Waals surface area (Å²) in [6, 6.07) is 5.97. The topological polar surface area (TPSA) is 126 Å². The van der Waals surface area contributed by atoms with E-state index in [9.17, 15) is 14.7 Å². The first-order chi connectivity index (χ1) is 15.8. The summed E-state index contributed by atoms with van der Waals surface area (Å²) in [7, 11) is 0. The van der Waals surface area contributed by atoms with Crippen molar-refractivity contribution in [1.82, 2.24) is 9.97 Å². The van der Waals surface area contributed by atoms with Crippen LogP contribution in [0.5, 0.6) is 5.75 Å². The van der Waals surface area contributed by atoms with Crippen molar-refractivity contribution in [2.24, 2.45) is 0 Å². The van der Waals surface area contributed by atoms with E-state index in [-0.39, 0.29) is 17.8 Å². The van der Waals surface area contributed by atoms with Crippen LogP contribution in [0, 0.1) is 0 Å². The number of hydrogen-bond acceptors (Lipinski definition) is 8. The van der Waals surface area contributed by atoms with E-state index in [0.29, 0.717) is 37.1 Å². The van der Waals surface area contributed by atoms with E-state index in [4.69, 9.17) is 14.2 Å². The molecule has 0 aliphatic carbocycles. The maximum Gasteiger partial charge on any atom is 0.354 e. The van der Waals surface area contributed by atoms with Crippen LogP contribution in [0.1, 0.15) is 30.8 Å². The lowest BCUT2D eigenvalue weighted by Crippen LogP contribution is -2.48. The highest BCUT2D eigenvalue weighted by molar-refractivity contribution is 6.04. The monoisotopic (exact) mass is 455 g/mol. The van der Waals surface area contributed by atoms with Gasteiger partial charge in [-0.3, -0.25) is 10.2 Å². The van der Waals surface area contributed by atoms with Gasteiger partial charge in [0.1, 0.15) is 24.3 Å². The van der Waals surface area contributed by atoms with Gasteiger partial charge in [-0.2, -0.15) is 0 Å². The highest BCUT2D eigenvalue weighted by Crippen LogP contribution is 2.39. The number of fused-ring (bicyclic) bond motifs is 4. The first kappa shape index (κ1) is 21.4. The average Bonchev–Trinajstić information content (AvgIpc) is 3.35. The van der Waals surface area contributed by atoms with E-state index in [1.807, 2.05) is 13.8 Å². The van der Waals surface area contributed by atoms with Gasteiger partial charge in [-0.15, -0.1) is 0 Å². The predicted molar refractivity (Wildman–Crippen MR) is 118 cm³/mol. The first-order valence-corrected chi connectivity index (χ1v) is 10.8. The Morgan fingerprint density at radius 3 is 2.94 bits per heavy atom. The third kappa shape index (κ3) is 4.29. The maximum atomic E-state index is 13.2. The Morgan fingerprint density at radius 1 is 1.33 bits per heavy atom. The number of carboxylic acid groups (broad SMARTS) is 1. The van der Waals surface area contributed by atoms with Crippen molar-refractivity contribution in [1.29, 1.82) is 0 Å². The molecule has 5 rings (SSSR count). The molecule has 5 heterocycles. The fourth-order valence-electron chi connectivity index (χ4n) is 4.36. The summed E-state index contributed by atoms with van der Waals surface area (Å²) >= 11 is 0. The van der Waals surface area contributed by atoms with Crippen LogP contribution in [0.2, 0.25) is 0 Å². The summed E-state index contributed by atoms with van der Waals surface area (Å²) in [6.45, 7) is 5.90. The number of hydrogen-bond donors (Lipinski definition) is 2. The largest absolute Gasteiger partial charge is 0.491 e. The third-order valence-corrected chi connectivity index (χ3v) is 5.86. The quantitative estimate of drug-likeness (QED) is 0.698. The van der Waals surface area contributed by atoms with Crippen LogP contribution in [0.25, 0.3) is 0 Å². The Kier molecular flexibility index (Phi) is 5.29. The lowest BCUT2D eigenvalue weighted by atomic mass is 10.2.